The lowest BCUT2D eigenvalue weighted by Gasteiger charge is -2.02. The highest BCUT2D eigenvalue weighted by Gasteiger charge is 2.22. The van der Waals surface area contributed by atoms with Gasteiger partial charge in [0, 0.05) is 0 Å². The minimum Gasteiger partial charge on any atom is -0.481 e. The molecular formula is C8H8N2O5. The first-order chi connectivity index (χ1) is 7.10. The number of nitrogens with zero attached hydrogens (tertiary/aromatic N) is 2. The maximum Gasteiger partial charge on any atom is 0.346 e. The topological polar surface area (TPSA) is 91.6 Å². The number of nitro groups is 1. The summed E-state index contributed by atoms with van der Waals surface area (Å²) in [7, 11) is 2.46. The summed E-state index contributed by atoms with van der Waals surface area (Å²) >= 11 is 0. The highest BCUT2D eigenvalue weighted by Crippen LogP contribution is 2.22. The van der Waals surface area contributed by atoms with Crippen molar-refractivity contribution in [3.63, 3.8) is 0 Å². The van der Waals surface area contributed by atoms with Crippen LogP contribution in [0.1, 0.15) is 10.4 Å². The molecule has 80 valence electrons. The molecule has 0 radical (unpaired) electrons. The molecule has 0 fully saturated rings. The summed E-state index contributed by atoms with van der Waals surface area (Å²) in [5, 5.41) is 10.6. The van der Waals surface area contributed by atoms with E-state index in [1.165, 1.54) is 7.11 Å². The van der Waals surface area contributed by atoms with Crippen molar-refractivity contribution in [3.8, 4) is 5.88 Å². The van der Waals surface area contributed by atoms with Crippen LogP contribution >= 0.6 is 0 Å². The largest absolute Gasteiger partial charge is 0.481 e. The van der Waals surface area contributed by atoms with Gasteiger partial charge in [-0.3, -0.25) is 10.1 Å². The first-order valence-corrected chi connectivity index (χ1v) is 3.87. The molecule has 0 unspecified atom stereocenters. The zero-order chi connectivity index (χ0) is 11.4. The van der Waals surface area contributed by atoms with Gasteiger partial charge in [-0.25, -0.2) is 9.78 Å². The van der Waals surface area contributed by atoms with Crippen LogP contribution in [0.15, 0.2) is 12.3 Å². The highest BCUT2D eigenvalue weighted by molar-refractivity contribution is 5.93. The summed E-state index contributed by atoms with van der Waals surface area (Å²) in [5.74, 6) is -0.744. The second kappa shape index (κ2) is 4.36. The molecule has 0 saturated carbocycles. The van der Waals surface area contributed by atoms with Gasteiger partial charge in [-0.1, -0.05) is 0 Å². The molecule has 0 aliphatic carbocycles. The van der Waals surface area contributed by atoms with Crippen molar-refractivity contribution >= 4 is 11.7 Å². The zero-order valence-electron chi connectivity index (χ0n) is 8.09. The van der Waals surface area contributed by atoms with Gasteiger partial charge in [0.15, 0.2) is 5.56 Å². The third-order valence-electron chi connectivity index (χ3n) is 1.67. The molecule has 1 aromatic heterocycles. The van der Waals surface area contributed by atoms with E-state index in [-0.39, 0.29) is 11.4 Å². The normalized spacial score (nSPS) is 9.47. The van der Waals surface area contributed by atoms with Gasteiger partial charge in [-0.05, 0) is 0 Å². The maximum absolute atomic E-state index is 11.1. The second-order valence-electron chi connectivity index (χ2n) is 2.49. The number of hydrogen-bond acceptors (Lipinski definition) is 6. The predicted molar refractivity (Wildman–Crippen MR) is 48.8 cm³/mol. The van der Waals surface area contributed by atoms with E-state index in [2.05, 4.69) is 9.72 Å². The lowest BCUT2D eigenvalue weighted by atomic mass is 10.2. The summed E-state index contributed by atoms with van der Waals surface area (Å²) in [6.07, 6.45) is 1.04. The molecular weight excluding hydrogens is 204 g/mol. The van der Waals surface area contributed by atoms with E-state index in [1.54, 1.807) is 0 Å². The summed E-state index contributed by atoms with van der Waals surface area (Å²) in [4.78, 5) is 24.7. The van der Waals surface area contributed by atoms with E-state index in [1.807, 2.05) is 0 Å². The lowest BCUT2D eigenvalue weighted by molar-refractivity contribution is -0.385. The van der Waals surface area contributed by atoms with E-state index in [4.69, 9.17) is 4.74 Å². The number of carbonyl (C=O) groups is 1. The first-order valence-electron chi connectivity index (χ1n) is 3.87. The van der Waals surface area contributed by atoms with Crippen molar-refractivity contribution in [2.24, 2.45) is 0 Å². The van der Waals surface area contributed by atoms with Crippen molar-refractivity contribution in [2.45, 2.75) is 0 Å². The van der Waals surface area contributed by atoms with Gasteiger partial charge >= 0.3 is 5.97 Å². The minimum atomic E-state index is -0.808. The van der Waals surface area contributed by atoms with E-state index in [0.717, 1.165) is 19.4 Å². The molecule has 0 saturated heterocycles. The van der Waals surface area contributed by atoms with Gasteiger partial charge in [0.2, 0.25) is 5.88 Å². The number of esters is 1. The zero-order valence-corrected chi connectivity index (χ0v) is 8.09. The van der Waals surface area contributed by atoms with Crippen molar-refractivity contribution in [2.75, 3.05) is 14.2 Å². The van der Waals surface area contributed by atoms with E-state index in [9.17, 15) is 14.9 Å². The lowest BCUT2D eigenvalue weighted by Crippen LogP contribution is -2.06. The molecule has 0 N–H and O–H groups in total. The molecule has 0 spiro atoms. The predicted octanol–water partition coefficient (Wildman–Crippen LogP) is 0.785. The fourth-order valence-electron chi connectivity index (χ4n) is 0.956. The Morgan fingerprint density at radius 1 is 1.53 bits per heavy atom. The molecule has 1 heterocycles. The van der Waals surface area contributed by atoms with E-state index < -0.39 is 16.6 Å². The smallest absolute Gasteiger partial charge is 0.346 e. The summed E-state index contributed by atoms with van der Waals surface area (Å²) in [6, 6.07) is 1.06. The Kier molecular flexibility index (Phi) is 3.17. The van der Waals surface area contributed by atoms with Gasteiger partial charge < -0.3 is 9.47 Å². The maximum atomic E-state index is 11.1. The molecule has 1 aromatic rings. The third-order valence-corrected chi connectivity index (χ3v) is 1.67. The quantitative estimate of drug-likeness (QED) is 0.417. The Hall–Kier alpha value is -2.18. The fourth-order valence-corrected chi connectivity index (χ4v) is 0.956. The summed E-state index contributed by atoms with van der Waals surface area (Å²) in [5.41, 5.74) is -0.600. The monoisotopic (exact) mass is 212 g/mol. The van der Waals surface area contributed by atoms with Crippen LogP contribution in [0.25, 0.3) is 0 Å². The third kappa shape index (κ3) is 2.19. The molecule has 0 aromatic carbocycles. The molecule has 0 aliphatic heterocycles. The van der Waals surface area contributed by atoms with Crippen LogP contribution in [0.5, 0.6) is 5.88 Å². The highest BCUT2D eigenvalue weighted by atomic mass is 16.6. The van der Waals surface area contributed by atoms with Crippen molar-refractivity contribution < 1.29 is 19.2 Å². The molecule has 0 aliphatic rings. The van der Waals surface area contributed by atoms with Crippen LogP contribution in [-0.4, -0.2) is 30.1 Å². The fraction of sp³-hybridized carbons (Fsp3) is 0.250. The van der Waals surface area contributed by atoms with Crippen molar-refractivity contribution in [3.05, 3.63) is 27.9 Å². The van der Waals surface area contributed by atoms with Gasteiger partial charge in [-0.2, -0.15) is 0 Å². The van der Waals surface area contributed by atoms with Crippen LogP contribution in [-0.2, 0) is 4.74 Å². The number of carbonyl (C=O) groups excluding carboxylic acids is 1. The minimum absolute atomic E-state index is 0.0642. The molecule has 7 nitrogen and oxygen atoms in total. The number of hydrogen-bond donors (Lipinski definition) is 0. The van der Waals surface area contributed by atoms with Crippen LogP contribution in [0.4, 0.5) is 5.69 Å². The number of pyridine rings is 1. The van der Waals surface area contributed by atoms with E-state index >= 15 is 0 Å². The van der Waals surface area contributed by atoms with Crippen LogP contribution in [0, 0.1) is 10.1 Å². The van der Waals surface area contributed by atoms with Crippen LogP contribution < -0.4 is 4.74 Å². The van der Waals surface area contributed by atoms with Crippen molar-refractivity contribution in [1.82, 2.24) is 4.98 Å². The Morgan fingerprint density at radius 3 is 2.67 bits per heavy atom. The number of methoxy groups -OCH3 is 2. The molecule has 0 bridgehead atoms. The Balaban J connectivity index is 3.27. The van der Waals surface area contributed by atoms with Gasteiger partial charge in [-0.15, -0.1) is 0 Å². The SMILES string of the molecule is COC(=O)c1cnc(OC)cc1[N+](=O)[O-]. The standard InChI is InChI=1S/C8H8N2O5/c1-14-7-3-6(10(12)13)5(4-9-7)8(11)15-2/h3-4H,1-2H3. The Morgan fingerprint density at radius 2 is 2.20 bits per heavy atom. The van der Waals surface area contributed by atoms with E-state index in [0.29, 0.717) is 0 Å². The molecule has 0 atom stereocenters. The average Bonchev–Trinajstić information content (AvgIpc) is 2.27. The van der Waals surface area contributed by atoms with Gasteiger partial charge in [0.1, 0.15) is 0 Å². The average molecular weight is 212 g/mol. The molecule has 1 rings (SSSR count). The Bertz CT molecular complexity index is 404. The summed E-state index contributed by atoms with van der Waals surface area (Å²) < 4.78 is 9.08. The summed E-state index contributed by atoms with van der Waals surface area (Å²) in [6.45, 7) is 0. The van der Waals surface area contributed by atoms with Gasteiger partial charge in [0.05, 0.1) is 31.4 Å². The number of rotatable bonds is 3. The molecule has 0 amide bonds. The van der Waals surface area contributed by atoms with Gasteiger partial charge in [0.25, 0.3) is 5.69 Å². The van der Waals surface area contributed by atoms with Crippen molar-refractivity contribution in [1.29, 1.82) is 0 Å². The second-order valence-corrected chi connectivity index (χ2v) is 2.49. The van der Waals surface area contributed by atoms with Crippen LogP contribution in [0.2, 0.25) is 0 Å². The first kappa shape index (κ1) is 10.9. The Labute approximate surface area is 84.8 Å². The van der Waals surface area contributed by atoms with Crippen LogP contribution in [0.3, 0.4) is 0 Å². The molecule has 15 heavy (non-hydrogen) atoms. The molecule has 7 heteroatoms. The number of ether oxygens (including phenoxy) is 2. The number of aromatic nitrogens is 1.